The Kier molecular flexibility index (Phi) is 9.70. The van der Waals surface area contributed by atoms with Crippen molar-refractivity contribution in [2.24, 2.45) is 0 Å². The maximum absolute atomic E-state index is 12.2. The number of anilines is 1. The normalized spacial score (nSPS) is 10.8. The number of unbranched alkanes of at least 4 members (excludes halogenated alkanes) is 3. The molecular formula is C24H31NO3. The van der Waals surface area contributed by atoms with Crippen LogP contribution in [0.5, 0.6) is 11.5 Å². The number of ether oxygens (including phenoxy) is 2. The van der Waals surface area contributed by atoms with Crippen molar-refractivity contribution in [2.75, 3.05) is 18.5 Å². The number of carbonyl (C=O) groups is 1. The molecule has 0 spiro atoms. The average molecular weight is 382 g/mol. The molecule has 28 heavy (non-hydrogen) atoms. The summed E-state index contributed by atoms with van der Waals surface area (Å²) >= 11 is 0. The number of carbonyl (C=O) groups excluding carboxylic acids is 1. The van der Waals surface area contributed by atoms with E-state index in [0.29, 0.717) is 6.61 Å². The highest BCUT2D eigenvalue weighted by molar-refractivity contribution is 6.02. The minimum Gasteiger partial charge on any atom is -0.494 e. The molecule has 0 aliphatic rings. The highest BCUT2D eigenvalue weighted by Gasteiger charge is 2.02. The molecule has 0 heterocycles. The second-order valence-electron chi connectivity index (χ2n) is 6.64. The van der Waals surface area contributed by atoms with Crippen LogP contribution in [0.1, 0.15) is 51.5 Å². The summed E-state index contributed by atoms with van der Waals surface area (Å²) in [6.45, 7) is 5.71. The minimum atomic E-state index is -0.181. The largest absolute Gasteiger partial charge is 0.494 e. The van der Waals surface area contributed by atoms with E-state index in [1.807, 2.05) is 48.5 Å². The molecule has 2 rings (SSSR count). The molecule has 0 bridgehead atoms. The third-order valence-corrected chi connectivity index (χ3v) is 4.23. The molecule has 4 heteroatoms. The van der Waals surface area contributed by atoms with Crippen LogP contribution in [0.25, 0.3) is 6.08 Å². The van der Waals surface area contributed by atoms with Gasteiger partial charge < -0.3 is 14.8 Å². The molecule has 4 nitrogen and oxygen atoms in total. The zero-order valence-electron chi connectivity index (χ0n) is 16.9. The number of amides is 1. The van der Waals surface area contributed by atoms with Gasteiger partial charge >= 0.3 is 0 Å². The van der Waals surface area contributed by atoms with Gasteiger partial charge in [0.1, 0.15) is 11.5 Å². The fourth-order valence-electron chi connectivity index (χ4n) is 2.60. The zero-order chi connectivity index (χ0) is 20.0. The molecule has 0 saturated heterocycles. The van der Waals surface area contributed by atoms with Crippen molar-refractivity contribution in [3.8, 4) is 11.5 Å². The monoisotopic (exact) mass is 381 g/mol. The number of benzene rings is 2. The van der Waals surface area contributed by atoms with Gasteiger partial charge in [-0.05, 0) is 49.2 Å². The Morgan fingerprint density at radius 3 is 2.36 bits per heavy atom. The molecule has 0 fully saturated rings. The van der Waals surface area contributed by atoms with Crippen LogP contribution in [0.2, 0.25) is 0 Å². The van der Waals surface area contributed by atoms with E-state index >= 15 is 0 Å². The van der Waals surface area contributed by atoms with Crippen molar-refractivity contribution < 1.29 is 14.3 Å². The highest BCUT2D eigenvalue weighted by Crippen LogP contribution is 2.20. The van der Waals surface area contributed by atoms with Crippen LogP contribution in [0.15, 0.2) is 54.6 Å². The summed E-state index contributed by atoms with van der Waals surface area (Å²) in [6, 6.07) is 15.2. The van der Waals surface area contributed by atoms with Crippen LogP contribution < -0.4 is 14.8 Å². The lowest BCUT2D eigenvalue weighted by molar-refractivity contribution is -0.111. The van der Waals surface area contributed by atoms with Gasteiger partial charge in [0.15, 0.2) is 0 Å². The maximum atomic E-state index is 12.2. The molecule has 1 N–H and O–H groups in total. The smallest absolute Gasteiger partial charge is 0.248 e. The van der Waals surface area contributed by atoms with E-state index in [1.54, 1.807) is 6.08 Å². The first-order valence-corrected chi connectivity index (χ1v) is 10.2. The first-order valence-electron chi connectivity index (χ1n) is 10.2. The SMILES string of the molecule is CCCCCOc1ccc(NC(=O)/C=C/c2ccccc2OCCCC)cc1. The van der Waals surface area contributed by atoms with Gasteiger partial charge in [-0.2, -0.15) is 0 Å². The van der Waals surface area contributed by atoms with Crippen LogP contribution in [0.3, 0.4) is 0 Å². The summed E-state index contributed by atoms with van der Waals surface area (Å²) in [4.78, 5) is 12.2. The highest BCUT2D eigenvalue weighted by atomic mass is 16.5. The number of para-hydroxylation sites is 1. The lowest BCUT2D eigenvalue weighted by Crippen LogP contribution is -2.07. The molecular weight excluding hydrogens is 350 g/mol. The van der Waals surface area contributed by atoms with Crippen LogP contribution in [-0.2, 0) is 4.79 Å². The third-order valence-electron chi connectivity index (χ3n) is 4.23. The summed E-state index contributed by atoms with van der Waals surface area (Å²) < 4.78 is 11.5. The molecule has 0 aliphatic heterocycles. The van der Waals surface area contributed by atoms with Crippen LogP contribution in [0, 0.1) is 0 Å². The lowest BCUT2D eigenvalue weighted by Gasteiger charge is -2.09. The predicted molar refractivity (Wildman–Crippen MR) is 116 cm³/mol. The topological polar surface area (TPSA) is 47.6 Å². The summed E-state index contributed by atoms with van der Waals surface area (Å²) in [6.07, 6.45) is 8.81. The maximum Gasteiger partial charge on any atom is 0.248 e. The first kappa shape index (κ1) is 21.5. The van der Waals surface area contributed by atoms with Crippen LogP contribution in [0.4, 0.5) is 5.69 Å². The Morgan fingerprint density at radius 1 is 0.893 bits per heavy atom. The van der Waals surface area contributed by atoms with Crippen LogP contribution >= 0.6 is 0 Å². The Labute approximate surface area is 168 Å². The molecule has 0 radical (unpaired) electrons. The number of rotatable bonds is 12. The van der Waals surface area contributed by atoms with E-state index in [9.17, 15) is 4.79 Å². The molecule has 150 valence electrons. The van der Waals surface area contributed by atoms with E-state index in [0.717, 1.165) is 48.6 Å². The van der Waals surface area contributed by atoms with Crippen molar-refractivity contribution in [1.29, 1.82) is 0 Å². The average Bonchev–Trinajstić information content (AvgIpc) is 2.72. The van der Waals surface area contributed by atoms with E-state index in [2.05, 4.69) is 19.2 Å². The van der Waals surface area contributed by atoms with Crippen molar-refractivity contribution in [2.45, 2.75) is 46.0 Å². The van der Waals surface area contributed by atoms with Crippen molar-refractivity contribution in [3.63, 3.8) is 0 Å². The van der Waals surface area contributed by atoms with E-state index in [4.69, 9.17) is 9.47 Å². The molecule has 2 aromatic rings. The molecule has 1 amide bonds. The fraction of sp³-hybridized carbons (Fsp3) is 0.375. The second kappa shape index (κ2) is 12.6. The number of hydrogen-bond acceptors (Lipinski definition) is 3. The summed E-state index contributed by atoms with van der Waals surface area (Å²) in [5.74, 6) is 1.44. The van der Waals surface area contributed by atoms with Crippen molar-refractivity contribution >= 4 is 17.7 Å². The van der Waals surface area contributed by atoms with Gasteiger partial charge in [-0.15, -0.1) is 0 Å². The van der Waals surface area contributed by atoms with Gasteiger partial charge in [0, 0.05) is 17.3 Å². The summed E-state index contributed by atoms with van der Waals surface area (Å²) in [5, 5.41) is 2.87. The standard InChI is InChI=1S/C24H31NO3/c1-3-5-9-19-27-22-15-13-21(14-16-22)25-24(26)17-12-20-10-7-8-11-23(20)28-18-6-4-2/h7-8,10-17H,3-6,9,18-19H2,1-2H3,(H,25,26)/b17-12+. The van der Waals surface area contributed by atoms with Gasteiger partial charge in [-0.1, -0.05) is 51.3 Å². The zero-order valence-corrected chi connectivity index (χ0v) is 16.9. The molecule has 0 atom stereocenters. The first-order chi connectivity index (χ1) is 13.7. The predicted octanol–water partition coefficient (Wildman–Crippen LogP) is 6.09. The van der Waals surface area contributed by atoms with Gasteiger partial charge in [0.2, 0.25) is 5.91 Å². The Balaban J connectivity index is 1.86. The van der Waals surface area contributed by atoms with Crippen molar-refractivity contribution in [3.05, 3.63) is 60.2 Å². The van der Waals surface area contributed by atoms with Crippen molar-refractivity contribution in [1.82, 2.24) is 0 Å². The van der Waals surface area contributed by atoms with Gasteiger partial charge in [0.25, 0.3) is 0 Å². The second-order valence-corrected chi connectivity index (χ2v) is 6.64. The number of nitrogens with one attached hydrogen (secondary N) is 1. The fourth-order valence-corrected chi connectivity index (χ4v) is 2.60. The van der Waals surface area contributed by atoms with Gasteiger partial charge in [0.05, 0.1) is 13.2 Å². The molecule has 0 saturated carbocycles. The van der Waals surface area contributed by atoms with Gasteiger partial charge in [-0.25, -0.2) is 0 Å². The van der Waals surface area contributed by atoms with E-state index in [1.165, 1.54) is 18.9 Å². The molecule has 0 unspecified atom stereocenters. The Bertz CT molecular complexity index is 738. The minimum absolute atomic E-state index is 0.181. The molecule has 0 aliphatic carbocycles. The van der Waals surface area contributed by atoms with Gasteiger partial charge in [-0.3, -0.25) is 4.79 Å². The van der Waals surface area contributed by atoms with E-state index < -0.39 is 0 Å². The molecule has 2 aromatic carbocycles. The van der Waals surface area contributed by atoms with E-state index in [-0.39, 0.29) is 5.91 Å². The third kappa shape index (κ3) is 7.87. The number of hydrogen-bond donors (Lipinski definition) is 1. The Hall–Kier alpha value is -2.75. The molecule has 0 aromatic heterocycles. The Morgan fingerprint density at radius 2 is 1.61 bits per heavy atom. The summed E-state index contributed by atoms with van der Waals surface area (Å²) in [5.41, 5.74) is 1.63. The van der Waals surface area contributed by atoms with Crippen LogP contribution in [-0.4, -0.2) is 19.1 Å². The summed E-state index contributed by atoms with van der Waals surface area (Å²) in [7, 11) is 0. The quantitative estimate of drug-likeness (QED) is 0.358. The lowest BCUT2D eigenvalue weighted by atomic mass is 10.2.